The number of ether oxygens (including phenoxy) is 1. The van der Waals surface area contributed by atoms with E-state index in [4.69, 9.17) is 16.2 Å². The molecule has 0 saturated heterocycles. The number of rotatable bonds is 4. The SMILES string of the molecule is NC(=O)Oc1ccccc1C(N)c1nnc(-c2ccccc2)s1. The van der Waals surface area contributed by atoms with Gasteiger partial charge in [0.15, 0.2) is 0 Å². The Balaban J connectivity index is 1.91. The highest BCUT2D eigenvalue weighted by Gasteiger charge is 2.19. The predicted molar refractivity (Wildman–Crippen MR) is 88.0 cm³/mol. The van der Waals surface area contributed by atoms with Gasteiger partial charge in [-0.05, 0) is 6.07 Å². The van der Waals surface area contributed by atoms with Crippen molar-refractivity contribution in [2.24, 2.45) is 11.5 Å². The molecule has 0 fully saturated rings. The van der Waals surface area contributed by atoms with Gasteiger partial charge in [0.1, 0.15) is 15.8 Å². The van der Waals surface area contributed by atoms with Crippen LogP contribution in [0.15, 0.2) is 54.6 Å². The second-order valence-electron chi connectivity index (χ2n) is 4.75. The zero-order valence-electron chi connectivity index (χ0n) is 12.0. The van der Waals surface area contributed by atoms with Gasteiger partial charge in [-0.3, -0.25) is 0 Å². The average molecular weight is 326 g/mol. The Bertz CT molecular complexity index is 820. The van der Waals surface area contributed by atoms with Crippen LogP contribution < -0.4 is 16.2 Å². The molecule has 6 nitrogen and oxygen atoms in total. The van der Waals surface area contributed by atoms with Gasteiger partial charge in [0.2, 0.25) is 0 Å². The molecule has 3 aromatic rings. The molecule has 0 spiro atoms. The van der Waals surface area contributed by atoms with Gasteiger partial charge in [-0.15, -0.1) is 10.2 Å². The molecule has 1 aromatic heterocycles. The molecule has 0 radical (unpaired) electrons. The van der Waals surface area contributed by atoms with E-state index < -0.39 is 12.1 Å². The molecule has 1 heterocycles. The molecular weight excluding hydrogens is 312 g/mol. The van der Waals surface area contributed by atoms with Gasteiger partial charge in [-0.2, -0.15) is 0 Å². The van der Waals surface area contributed by atoms with Crippen LogP contribution in [-0.2, 0) is 0 Å². The van der Waals surface area contributed by atoms with Crippen LogP contribution in [0.5, 0.6) is 5.75 Å². The van der Waals surface area contributed by atoms with Crippen LogP contribution in [0.25, 0.3) is 10.6 Å². The van der Waals surface area contributed by atoms with Crippen molar-refractivity contribution in [3.63, 3.8) is 0 Å². The molecule has 1 atom stereocenters. The average Bonchev–Trinajstić information content (AvgIpc) is 3.05. The first-order valence-corrected chi connectivity index (χ1v) is 7.67. The number of hydrogen-bond acceptors (Lipinski definition) is 6. The minimum Gasteiger partial charge on any atom is -0.410 e. The highest BCUT2D eigenvalue weighted by Crippen LogP contribution is 2.32. The molecule has 0 saturated carbocycles. The Morgan fingerprint density at radius 1 is 1.04 bits per heavy atom. The van der Waals surface area contributed by atoms with E-state index in [2.05, 4.69) is 10.2 Å². The van der Waals surface area contributed by atoms with Crippen LogP contribution in [0.4, 0.5) is 4.79 Å². The molecule has 7 heteroatoms. The summed E-state index contributed by atoms with van der Waals surface area (Å²) in [7, 11) is 0. The van der Waals surface area contributed by atoms with E-state index in [1.807, 2.05) is 36.4 Å². The Morgan fingerprint density at radius 3 is 2.48 bits per heavy atom. The predicted octanol–water partition coefficient (Wildman–Crippen LogP) is 2.71. The third-order valence-corrected chi connectivity index (χ3v) is 4.25. The van der Waals surface area contributed by atoms with Gasteiger partial charge in [0.25, 0.3) is 0 Å². The van der Waals surface area contributed by atoms with Crippen LogP contribution in [0.3, 0.4) is 0 Å². The van der Waals surface area contributed by atoms with Crippen molar-refractivity contribution in [2.75, 3.05) is 0 Å². The Hall–Kier alpha value is -2.77. The molecular formula is C16H14N4O2S. The largest absolute Gasteiger partial charge is 0.410 e. The summed E-state index contributed by atoms with van der Waals surface area (Å²) in [5.74, 6) is 0.323. The van der Waals surface area contributed by atoms with E-state index in [-0.39, 0.29) is 0 Å². The fourth-order valence-corrected chi connectivity index (χ4v) is 3.00. The number of hydrogen-bond donors (Lipinski definition) is 2. The molecule has 0 aliphatic heterocycles. The summed E-state index contributed by atoms with van der Waals surface area (Å²) in [6.45, 7) is 0. The number of para-hydroxylation sites is 1. The van der Waals surface area contributed by atoms with Crippen LogP contribution >= 0.6 is 11.3 Å². The minimum absolute atomic E-state index is 0.323. The Morgan fingerprint density at radius 2 is 1.74 bits per heavy atom. The van der Waals surface area contributed by atoms with Crippen molar-refractivity contribution in [3.8, 4) is 16.3 Å². The summed E-state index contributed by atoms with van der Waals surface area (Å²) in [6.07, 6.45) is -0.883. The van der Waals surface area contributed by atoms with Gasteiger partial charge in [0.05, 0.1) is 6.04 Å². The van der Waals surface area contributed by atoms with Crippen LogP contribution in [-0.4, -0.2) is 16.3 Å². The zero-order chi connectivity index (χ0) is 16.2. The number of primary amides is 1. The number of benzene rings is 2. The smallest absolute Gasteiger partial charge is 0.409 e. The van der Waals surface area contributed by atoms with Crippen molar-refractivity contribution in [1.82, 2.24) is 10.2 Å². The molecule has 0 aliphatic carbocycles. The first-order valence-electron chi connectivity index (χ1n) is 6.86. The maximum Gasteiger partial charge on any atom is 0.409 e. The number of amides is 1. The molecule has 2 aromatic carbocycles. The second-order valence-corrected chi connectivity index (χ2v) is 5.76. The fourth-order valence-electron chi connectivity index (χ4n) is 2.13. The molecule has 0 bridgehead atoms. The Labute approximate surface area is 136 Å². The molecule has 116 valence electrons. The van der Waals surface area contributed by atoms with E-state index >= 15 is 0 Å². The summed E-state index contributed by atoms with van der Waals surface area (Å²) in [6, 6.07) is 16.1. The molecule has 4 N–H and O–H groups in total. The van der Waals surface area contributed by atoms with Crippen molar-refractivity contribution >= 4 is 17.4 Å². The fraction of sp³-hybridized carbons (Fsp3) is 0.0625. The van der Waals surface area contributed by atoms with Crippen molar-refractivity contribution in [2.45, 2.75) is 6.04 Å². The lowest BCUT2D eigenvalue weighted by atomic mass is 10.1. The first-order chi connectivity index (χ1) is 11.1. The molecule has 1 unspecified atom stereocenters. The number of aromatic nitrogens is 2. The highest BCUT2D eigenvalue weighted by molar-refractivity contribution is 7.14. The number of nitrogens with zero attached hydrogens (tertiary/aromatic N) is 2. The molecule has 0 aliphatic rings. The number of carbonyl (C=O) groups excluding carboxylic acids is 1. The third kappa shape index (κ3) is 3.36. The molecule has 23 heavy (non-hydrogen) atoms. The second kappa shape index (κ2) is 6.55. The number of nitrogens with two attached hydrogens (primary N) is 2. The molecule has 3 rings (SSSR count). The minimum atomic E-state index is -0.883. The van der Waals surface area contributed by atoms with E-state index in [1.165, 1.54) is 11.3 Å². The summed E-state index contributed by atoms with van der Waals surface area (Å²) in [4.78, 5) is 11.0. The van der Waals surface area contributed by atoms with E-state index in [0.717, 1.165) is 10.6 Å². The van der Waals surface area contributed by atoms with Crippen LogP contribution in [0.2, 0.25) is 0 Å². The number of carbonyl (C=O) groups is 1. The Kier molecular flexibility index (Phi) is 4.31. The van der Waals surface area contributed by atoms with Crippen molar-refractivity contribution in [1.29, 1.82) is 0 Å². The van der Waals surface area contributed by atoms with Crippen molar-refractivity contribution < 1.29 is 9.53 Å². The van der Waals surface area contributed by atoms with Crippen molar-refractivity contribution in [3.05, 3.63) is 65.2 Å². The standard InChI is InChI=1S/C16H14N4O2S/c17-13(11-8-4-5-9-12(11)22-16(18)21)15-20-19-14(23-15)10-6-2-1-3-7-10/h1-9,13H,17H2,(H2,18,21). The van der Waals surface area contributed by atoms with E-state index in [9.17, 15) is 4.79 Å². The van der Waals surface area contributed by atoms with Gasteiger partial charge in [-0.1, -0.05) is 59.9 Å². The quantitative estimate of drug-likeness (QED) is 0.767. The molecule has 1 amide bonds. The van der Waals surface area contributed by atoms with Gasteiger partial charge < -0.3 is 16.2 Å². The summed E-state index contributed by atoms with van der Waals surface area (Å²) < 4.78 is 4.99. The first kappa shape index (κ1) is 15.1. The highest BCUT2D eigenvalue weighted by atomic mass is 32.1. The monoisotopic (exact) mass is 326 g/mol. The van der Waals surface area contributed by atoms with Crippen LogP contribution in [0, 0.1) is 0 Å². The lowest BCUT2D eigenvalue weighted by molar-refractivity contribution is 0.210. The maximum atomic E-state index is 11.0. The maximum absolute atomic E-state index is 11.0. The normalized spacial score (nSPS) is 11.9. The van der Waals surface area contributed by atoms with Gasteiger partial charge in [0, 0.05) is 11.1 Å². The summed E-state index contributed by atoms with van der Waals surface area (Å²) in [5.41, 5.74) is 12.9. The van der Waals surface area contributed by atoms with Gasteiger partial charge in [-0.25, -0.2) is 4.79 Å². The van der Waals surface area contributed by atoms with E-state index in [0.29, 0.717) is 16.3 Å². The zero-order valence-corrected chi connectivity index (χ0v) is 12.9. The lowest BCUT2D eigenvalue weighted by Crippen LogP contribution is -2.19. The van der Waals surface area contributed by atoms with Gasteiger partial charge >= 0.3 is 6.09 Å². The van der Waals surface area contributed by atoms with E-state index in [1.54, 1.807) is 18.2 Å². The summed E-state index contributed by atoms with van der Waals surface area (Å²) >= 11 is 1.40. The van der Waals surface area contributed by atoms with Crippen LogP contribution in [0.1, 0.15) is 16.6 Å². The topological polar surface area (TPSA) is 104 Å². The summed E-state index contributed by atoms with van der Waals surface area (Å²) in [5, 5.41) is 9.75. The third-order valence-electron chi connectivity index (χ3n) is 3.19. The lowest BCUT2D eigenvalue weighted by Gasteiger charge is -2.12.